The number of unbranched alkanes of at least 4 members (excludes halogenated alkanes) is 1. The number of carbonyl (C=O) groups is 1. The molecule has 0 heterocycles. The quantitative estimate of drug-likeness (QED) is 0.313. The van der Waals surface area contributed by atoms with E-state index in [9.17, 15) is 17.6 Å². The Bertz CT molecular complexity index is 1050. The highest BCUT2D eigenvalue weighted by molar-refractivity contribution is 7.92. The van der Waals surface area contributed by atoms with Crippen LogP contribution < -0.4 is 10.0 Å². The molecule has 1 atom stereocenters. The largest absolute Gasteiger partial charge is 0.313 e. The molecule has 0 fully saturated rings. The van der Waals surface area contributed by atoms with E-state index < -0.39 is 15.8 Å². The number of hydrogen-bond donors (Lipinski definition) is 2. The van der Waals surface area contributed by atoms with Crippen LogP contribution in [0.2, 0.25) is 0 Å². The Morgan fingerprint density at radius 3 is 2.41 bits per heavy atom. The molecule has 34 heavy (non-hydrogen) atoms. The molecular weight excluding hydrogens is 451 g/mol. The van der Waals surface area contributed by atoms with Gasteiger partial charge in [-0.05, 0) is 61.9 Å². The molecule has 1 aliphatic carbocycles. The van der Waals surface area contributed by atoms with Gasteiger partial charge in [-0.25, -0.2) is 12.8 Å². The van der Waals surface area contributed by atoms with E-state index in [0.29, 0.717) is 12.0 Å². The van der Waals surface area contributed by atoms with Crippen molar-refractivity contribution in [3.63, 3.8) is 0 Å². The summed E-state index contributed by atoms with van der Waals surface area (Å²) in [6.45, 7) is 12.2. The summed E-state index contributed by atoms with van der Waals surface area (Å²) in [5, 5.41) is 2.99. The minimum atomic E-state index is -3.52. The van der Waals surface area contributed by atoms with Crippen LogP contribution in [0.1, 0.15) is 70.5 Å². The molecule has 0 saturated carbocycles. The van der Waals surface area contributed by atoms with Gasteiger partial charge < -0.3 is 10.1 Å². The van der Waals surface area contributed by atoms with Crippen molar-refractivity contribution < 1.29 is 17.6 Å². The van der Waals surface area contributed by atoms with Crippen LogP contribution in [0.25, 0.3) is 6.08 Å². The number of sulfonamides is 1. The second kappa shape index (κ2) is 13.4. The Morgan fingerprint density at radius 1 is 1.21 bits per heavy atom. The summed E-state index contributed by atoms with van der Waals surface area (Å²) in [7, 11) is -1.76. The first kappa shape index (κ1) is 29.5. The second-order valence-corrected chi connectivity index (χ2v) is 11.1. The highest BCUT2D eigenvalue weighted by Gasteiger charge is 2.16. The van der Waals surface area contributed by atoms with Gasteiger partial charge in [0.25, 0.3) is 0 Å². The lowest BCUT2D eigenvalue weighted by Gasteiger charge is -2.19. The lowest BCUT2D eigenvalue weighted by atomic mass is 9.86. The van der Waals surface area contributed by atoms with E-state index in [0.717, 1.165) is 37.4 Å². The van der Waals surface area contributed by atoms with Crippen molar-refractivity contribution in [3.05, 3.63) is 71.1 Å². The Morgan fingerprint density at radius 2 is 1.88 bits per heavy atom. The van der Waals surface area contributed by atoms with Crippen LogP contribution >= 0.6 is 0 Å². The highest BCUT2D eigenvalue weighted by Crippen LogP contribution is 2.29. The molecule has 0 aromatic heterocycles. The third kappa shape index (κ3) is 10.2. The summed E-state index contributed by atoms with van der Waals surface area (Å²) in [6, 6.07) is 2.97. The van der Waals surface area contributed by atoms with Gasteiger partial charge in [-0.3, -0.25) is 4.72 Å². The van der Waals surface area contributed by atoms with Crippen molar-refractivity contribution >= 4 is 28.1 Å². The van der Waals surface area contributed by atoms with Gasteiger partial charge in [0.05, 0.1) is 11.9 Å². The molecule has 0 spiro atoms. The van der Waals surface area contributed by atoms with Crippen LogP contribution in [0.15, 0.2) is 54.2 Å². The number of anilines is 1. The number of aldehydes is 1. The van der Waals surface area contributed by atoms with E-state index >= 15 is 0 Å². The second-order valence-electron chi connectivity index (χ2n) is 9.37. The third-order valence-corrected chi connectivity index (χ3v) is 6.01. The van der Waals surface area contributed by atoms with Crippen LogP contribution in [-0.2, 0) is 14.8 Å². The molecule has 0 bridgehead atoms. The van der Waals surface area contributed by atoms with Gasteiger partial charge in [-0.15, -0.1) is 0 Å². The van der Waals surface area contributed by atoms with Crippen LogP contribution in [-0.4, -0.2) is 28.0 Å². The molecule has 0 radical (unpaired) electrons. The van der Waals surface area contributed by atoms with Crippen molar-refractivity contribution in [3.8, 4) is 0 Å². The summed E-state index contributed by atoms with van der Waals surface area (Å²) in [5.74, 6) is -0.616. The Kier molecular flexibility index (Phi) is 11.6. The smallest absolute Gasteiger partial charge is 0.229 e. The highest BCUT2D eigenvalue weighted by atomic mass is 32.2. The monoisotopic (exact) mass is 490 g/mol. The van der Waals surface area contributed by atoms with Crippen molar-refractivity contribution in [1.29, 1.82) is 0 Å². The van der Waals surface area contributed by atoms with Gasteiger partial charge in [0.2, 0.25) is 10.0 Å². The van der Waals surface area contributed by atoms with E-state index in [4.69, 9.17) is 0 Å². The standard InChI is InChI=1S/C15H22O.C12H17FN2O2S/c1-15(2,3)14-9-6-8-13(10-11-14)7-4-5-12-16;1-5-9-6-10(8(2)14-3)7-11(13)12(9)15-18(4,16)17/h8-12H,4-7H2,1-3H3;5-8,14-15H,1H2,2-4H3/t;8-/m.1/s1. The Balaban J connectivity index is 0.000000342. The number of rotatable bonds is 9. The molecule has 5 nitrogen and oxygen atoms in total. The number of benzene rings is 1. The van der Waals surface area contributed by atoms with E-state index in [2.05, 4.69) is 61.7 Å². The zero-order chi connectivity index (χ0) is 25.9. The minimum absolute atomic E-state index is 0.0366. The van der Waals surface area contributed by atoms with Gasteiger partial charge in [0.15, 0.2) is 0 Å². The molecule has 0 amide bonds. The fraction of sp³-hybridized carbons (Fsp3) is 0.444. The third-order valence-electron chi connectivity index (χ3n) is 5.43. The summed E-state index contributed by atoms with van der Waals surface area (Å²) in [4.78, 5) is 10.3. The molecule has 188 valence electrons. The molecule has 2 N–H and O–H groups in total. The van der Waals surface area contributed by atoms with Crippen LogP contribution in [0.5, 0.6) is 0 Å². The minimum Gasteiger partial charge on any atom is -0.313 e. The number of halogens is 1. The van der Waals surface area contributed by atoms with Crippen molar-refractivity contribution in [2.24, 2.45) is 5.41 Å². The van der Waals surface area contributed by atoms with Crippen molar-refractivity contribution in [2.75, 3.05) is 18.0 Å². The van der Waals surface area contributed by atoms with E-state index in [1.165, 1.54) is 23.3 Å². The molecule has 1 aliphatic rings. The SMILES string of the molecule is C=Cc1cc([C@@H](C)NC)cc(F)c1NS(C)(=O)=O.CC(C)(C)C1=CCC=C(CCCC=O)C=C1. The Labute approximate surface area is 205 Å². The molecule has 2 rings (SSSR count). The first-order valence-corrected chi connectivity index (χ1v) is 13.3. The lowest BCUT2D eigenvalue weighted by Crippen LogP contribution is -2.15. The van der Waals surface area contributed by atoms with Crippen molar-refractivity contribution in [1.82, 2.24) is 5.32 Å². The van der Waals surface area contributed by atoms with Crippen LogP contribution in [0.4, 0.5) is 10.1 Å². The fourth-order valence-corrected chi connectivity index (χ4v) is 3.91. The summed E-state index contributed by atoms with van der Waals surface area (Å²) >= 11 is 0. The maximum absolute atomic E-state index is 13.9. The zero-order valence-electron chi connectivity index (χ0n) is 21.2. The van der Waals surface area contributed by atoms with Gasteiger partial charge in [-0.1, -0.05) is 63.3 Å². The van der Waals surface area contributed by atoms with E-state index in [1.54, 1.807) is 13.1 Å². The predicted molar refractivity (Wildman–Crippen MR) is 142 cm³/mol. The normalized spacial score (nSPS) is 14.7. The fourth-order valence-electron chi connectivity index (χ4n) is 3.32. The first-order chi connectivity index (χ1) is 15.8. The van der Waals surface area contributed by atoms with E-state index in [1.807, 2.05) is 6.92 Å². The Hall–Kier alpha value is -2.51. The molecule has 1 aromatic carbocycles. The average molecular weight is 491 g/mol. The zero-order valence-corrected chi connectivity index (χ0v) is 22.1. The molecule has 0 saturated heterocycles. The molecule has 7 heteroatoms. The number of hydrogen-bond acceptors (Lipinski definition) is 4. The molecular formula is C27H39FN2O3S. The van der Waals surface area contributed by atoms with Crippen LogP contribution in [0, 0.1) is 11.2 Å². The molecule has 0 unspecified atom stereocenters. The van der Waals surface area contributed by atoms with Gasteiger partial charge >= 0.3 is 0 Å². The summed E-state index contributed by atoms with van der Waals surface area (Å²) < 4.78 is 38.4. The summed E-state index contributed by atoms with van der Waals surface area (Å²) in [5.41, 5.74) is 4.05. The average Bonchev–Trinajstić information content (AvgIpc) is 3.00. The van der Waals surface area contributed by atoms with Crippen LogP contribution in [0.3, 0.4) is 0 Å². The molecule has 1 aromatic rings. The maximum Gasteiger partial charge on any atom is 0.229 e. The first-order valence-electron chi connectivity index (χ1n) is 11.4. The predicted octanol–water partition coefficient (Wildman–Crippen LogP) is 6.34. The molecule has 0 aliphatic heterocycles. The number of nitrogens with one attached hydrogen (secondary N) is 2. The van der Waals surface area contributed by atoms with Crippen molar-refractivity contribution in [2.45, 2.75) is 59.4 Å². The lowest BCUT2D eigenvalue weighted by molar-refractivity contribution is -0.107. The van der Waals surface area contributed by atoms with E-state index in [-0.39, 0.29) is 17.1 Å². The van der Waals surface area contributed by atoms with Gasteiger partial charge in [0, 0.05) is 18.0 Å². The topological polar surface area (TPSA) is 75.3 Å². The number of allylic oxidation sites excluding steroid dienone is 6. The van der Waals surface area contributed by atoms with Gasteiger partial charge in [-0.2, -0.15) is 0 Å². The van der Waals surface area contributed by atoms with Gasteiger partial charge in [0.1, 0.15) is 12.1 Å². The summed E-state index contributed by atoms with van der Waals surface area (Å²) in [6.07, 6.45) is 16.0. The number of carbonyl (C=O) groups excluding carboxylic acids is 1. The maximum atomic E-state index is 13.9.